The van der Waals surface area contributed by atoms with Crippen LogP contribution in [0.3, 0.4) is 0 Å². The number of rotatable bonds is 4. The fourth-order valence-corrected chi connectivity index (χ4v) is 2.70. The van der Waals surface area contributed by atoms with Gasteiger partial charge < -0.3 is 15.2 Å². The molecule has 0 heterocycles. The number of para-hydroxylation sites is 1. The summed E-state index contributed by atoms with van der Waals surface area (Å²) in [5.41, 5.74) is 6.92. The average molecular weight is 401 g/mol. The number of hydrogen-bond acceptors (Lipinski definition) is 3. The third-order valence-corrected chi connectivity index (χ3v) is 4.08. The molecule has 0 aliphatic rings. The zero-order chi connectivity index (χ0) is 14.7. The second-order valence-electron chi connectivity index (χ2n) is 4.35. The number of methoxy groups -OCH3 is 1. The zero-order valence-corrected chi connectivity index (χ0v) is 14.4. The molecule has 0 saturated carbocycles. The highest BCUT2D eigenvalue weighted by molar-refractivity contribution is 9.11. The number of hydrogen-bond donors (Lipinski definition) is 1. The quantitative estimate of drug-likeness (QED) is 0.782. The van der Waals surface area contributed by atoms with Gasteiger partial charge >= 0.3 is 0 Å². The van der Waals surface area contributed by atoms with Crippen LogP contribution in [0, 0.1) is 0 Å². The van der Waals surface area contributed by atoms with Gasteiger partial charge in [-0.3, -0.25) is 0 Å². The van der Waals surface area contributed by atoms with E-state index in [9.17, 15) is 0 Å². The van der Waals surface area contributed by atoms with E-state index in [1.807, 2.05) is 43.3 Å². The van der Waals surface area contributed by atoms with Crippen LogP contribution >= 0.6 is 31.9 Å². The van der Waals surface area contributed by atoms with Crippen LogP contribution < -0.4 is 15.2 Å². The van der Waals surface area contributed by atoms with Gasteiger partial charge in [0.05, 0.1) is 16.1 Å². The van der Waals surface area contributed by atoms with Gasteiger partial charge in [0.2, 0.25) is 0 Å². The second-order valence-corrected chi connectivity index (χ2v) is 6.05. The molecule has 0 aliphatic carbocycles. The van der Waals surface area contributed by atoms with Crippen molar-refractivity contribution in [3.8, 4) is 17.2 Å². The van der Waals surface area contributed by atoms with Crippen LogP contribution in [-0.2, 0) is 0 Å². The van der Waals surface area contributed by atoms with Gasteiger partial charge in [-0.25, -0.2) is 0 Å². The Morgan fingerprint density at radius 2 is 1.60 bits per heavy atom. The number of ether oxygens (including phenoxy) is 2. The summed E-state index contributed by atoms with van der Waals surface area (Å²) in [4.78, 5) is 0. The van der Waals surface area contributed by atoms with E-state index in [0.29, 0.717) is 5.75 Å². The van der Waals surface area contributed by atoms with Crippen molar-refractivity contribution in [3.05, 3.63) is 50.9 Å². The summed E-state index contributed by atoms with van der Waals surface area (Å²) in [5, 5.41) is 0. The molecule has 5 heteroatoms. The summed E-state index contributed by atoms with van der Waals surface area (Å²) in [7, 11) is 1.62. The third-order valence-electron chi connectivity index (χ3n) is 2.84. The molecule has 0 aliphatic heterocycles. The average Bonchev–Trinajstić information content (AvgIpc) is 2.42. The predicted molar refractivity (Wildman–Crippen MR) is 87.5 cm³/mol. The molecule has 106 valence electrons. The van der Waals surface area contributed by atoms with Crippen LogP contribution in [0.15, 0.2) is 45.3 Å². The van der Waals surface area contributed by atoms with Crippen molar-refractivity contribution in [3.63, 3.8) is 0 Å². The Morgan fingerprint density at radius 3 is 2.25 bits per heavy atom. The van der Waals surface area contributed by atoms with Gasteiger partial charge in [-0.2, -0.15) is 0 Å². The third kappa shape index (κ3) is 3.34. The molecule has 0 amide bonds. The van der Waals surface area contributed by atoms with Crippen molar-refractivity contribution in [1.82, 2.24) is 0 Å². The molecule has 2 rings (SSSR count). The normalized spacial score (nSPS) is 12.1. The van der Waals surface area contributed by atoms with E-state index >= 15 is 0 Å². The largest absolute Gasteiger partial charge is 0.496 e. The van der Waals surface area contributed by atoms with Gasteiger partial charge in [-0.15, -0.1) is 0 Å². The highest BCUT2D eigenvalue weighted by Crippen LogP contribution is 2.39. The van der Waals surface area contributed by atoms with E-state index in [4.69, 9.17) is 15.2 Å². The highest BCUT2D eigenvalue weighted by atomic mass is 79.9. The maximum absolute atomic E-state index is 5.97. The molecular formula is C15H15Br2NO2. The SMILES string of the molecule is COc1cc(Br)c(Oc2ccccc2[C@@H](C)N)cc1Br. The van der Waals surface area contributed by atoms with Gasteiger partial charge in [0.15, 0.2) is 0 Å². The molecule has 0 unspecified atom stereocenters. The Balaban J connectivity index is 2.38. The van der Waals surface area contributed by atoms with Crippen molar-refractivity contribution in [2.75, 3.05) is 7.11 Å². The van der Waals surface area contributed by atoms with Gasteiger partial charge in [-0.1, -0.05) is 18.2 Å². The van der Waals surface area contributed by atoms with Gasteiger partial charge in [0.1, 0.15) is 17.2 Å². The predicted octanol–water partition coefficient (Wildman–Crippen LogP) is 5.03. The Labute approximate surface area is 135 Å². The fourth-order valence-electron chi connectivity index (χ4n) is 1.81. The molecule has 1 atom stereocenters. The molecule has 20 heavy (non-hydrogen) atoms. The molecule has 0 bridgehead atoms. The fraction of sp³-hybridized carbons (Fsp3) is 0.200. The summed E-state index contributed by atoms with van der Waals surface area (Å²) >= 11 is 6.94. The lowest BCUT2D eigenvalue weighted by molar-refractivity contribution is 0.409. The number of benzene rings is 2. The van der Waals surface area contributed by atoms with Crippen LogP contribution in [0.2, 0.25) is 0 Å². The first kappa shape index (κ1) is 15.4. The van der Waals surface area contributed by atoms with Crippen LogP contribution in [0.4, 0.5) is 0 Å². The second kappa shape index (κ2) is 6.61. The van der Waals surface area contributed by atoms with Crippen LogP contribution in [-0.4, -0.2) is 7.11 Å². The molecule has 2 aromatic carbocycles. The minimum Gasteiger partial charge on any atom is -0.496 e. The van der Waals surface area contributed by atoms with Crippen molar-refractivity contribution in [1.29, 1.82) is 0 Å². The van der Waals surface area contributed by atoms with E-state index in [2.05, 4.69) is 31.9 Å². The molecule has 0 aromatic heterocycles. The lowest BCUT2D eigenvalue weighted by Crippen LogP contribution is -2.06. The molecule has 2 N–H and O–H groups in total. The van der Waals surface area contributed by atoms with E-state index in [0.717, 1.165) is 26.0 Å². The summed E-state index contributed by atoms with van der Waals surface area (Å²) in [5.74, 6) is 2.19. The Hall–Kier alpha value is -1.04. The lowest BCUT2D eigenvalue weighted by atomic mass is 10.1. The molecule has 3 nitrogen and oxygen atoms in total. The summed E-state index contributed by atoms with van der Waals surface area (Å²) in [6.45, 7) is 1.93. The maximum atomic E-state index is 5.97. The Kier molecular flexibility index (Phi) is 5.07. The topological polar surface area (TPSA) is 44.5 Å². The monoisotopic (exact) mass is 399 g/mol. The smallest absolute Gasteiger partial charge is 0.143 e. The van der Waals surface area contributed by atoms with Crippen molar-refractivity contribution < 1.29 is 9.47 Å². The first-order valence-corrected chi connectivity index (χ1v) is 7.67. The van der Waals surface area contributed by atoms with Crippen molar-refractivity contribution in [2.24, 2.45) is 5.73 Å². The van der Waals surface area contributed by atoms with Crippen LogP contribution in [0.5, 0.6) is 17.2 Å². The minimum atomic E-state index is -0.0911. The molecular weight excluding hydrogens is 386 g/mol. The molecule has 0 fully saturated rings. The van der Waals surface area contributed by atoms with E-state index < -0.39 is 0 Å². The van der Waals surface area contributed by atoms with E-state index in [1.54, 1.807) is 7.11 Å². The van der Waals surface area contributed by atoms with Crippen molar-refractivity contribution >= 4 is 31.9 Å². The number of halogens is 2. The summed E-state index contributed by atoms with van der Waals surface area (Å²) in [6.07, 6.45) is 0. The Morgan fingerprint density at radius 1 is 1.00 bits per heavy atom. The molecule has 0 spiro atoms. The van der Waals surface area contributed by atoms with Crippen LogP contribution in [0.25, 0.3) is 0 Å². The first-order valence-electron chi connectivity index (χ1n) is 6.08. The molecule has 2 aromatic rings. The highest BCUT2D eigenvalue weighted by Gasteiger charge is 2.12. The van der Waals surface area contributed by atoms with Gasteiger partial charge in [0.25, 0.3) is 0 Å². The van der Waals surface area contributed by atoms with Gasteiger partial charge in [-0.05, 0) is 57.0 Å². The minimum absolute atomic E-state index is 0.0911. The van der Waals surface area contributed by atoms with E-state index in [1.165, 1.54) is 0 Å². The summed E-state index contributed by atoms with van der Waals surface area (Å²) < 4.78 is 12.9. The van der Waals surface area contributed by atoms with Crippen molar-refractivity contribution in [2.45, 2.75) is 13.0 Å². The standard InChI is InChI=1S/C15H15Br2NO2/c1-9(18)10-5-3-4-6-13(10)20-15-8-11(16)14(19-2)7-12(15)17/h3-9H,18H2,1-2H3/t9-/m1/s1. The summed E-state index contributed by atoms with van der Waals surface area (Å²) in [6, 6.07) is 11.4. The first-order chi connectivity index (χ1) is 9.52. The molecule has 0 radical (unpaired) electrons. The van der Waals surface area contributed by atoms with Crippen LogP contribution in [0.1, 0.15) is 18.5 Å². The number of nitrogens with two attached hydrogens (primary N) is 1. The Bertz CT molecular complexity index is 615. The molecule has 0 saturated heterocycles. The van der Waals surface area contributed by atoms with E-state index in [-0.39, 0.29) is 6.04 Å². The van der Waals surface area contributed by atoms with Gasteiger partial charge in [0, 0.05) is 11.6 Å². The zero-order valence-electron chi connectivity index (χ0n) is 11.2. The lowest BCUT2D eigenvalue weighted by Gasteiger charge is -2.15. The maximum Gasteiger partial charge on any atom is 0.143 e.